The number of pyridine rings is 1. The van der Waals surface area contributed by atoms with E-state index in [9.17, 15) is 4.79 Å². The van der Waals surface area contributed by atoms with Crippen LogP contribution in [0.25, 0.3) is 10.8 Å². The van der Waals surface area contributed by atoms with Gasteiger partial charge in [0.2, 0.25) is 0 Å². The van der Waals surface area contributed by atoms with Crippen LogP contribution in [0.2, 0.25) is 0 Å². The van der Waals surface area contributed by atoms with Gasteiger partial charge in [0.05, 0.1) is 6.04 Å². The van der Waals surface area contributed by atoms with E-state index in [-0.39, 0.29) is 11.8 Å². The Labute approximate surface area is 118 Å². The third-order valence-electron chi connectivity index (χ3n) is 4.53. The average Bonchev–Trinajstić information content (AvgIpc) is 2.54. The van der Waals surface area contributed by atoms with Crippen molar-refractivity contribution in [3.63, 3.8) is 0 Å². The van der Waals surface area contributed by atoms with Crippen molar-refractivity contribution in [1.29, 1.82) is 0 Å². The topological polar surface area (TPSA) is 36.4 Å². The third kappa shape index (κ3) is 1.84. The van der Waals surface area contributed by atoms with E-state index in [0.717, 1.165) is 49.1 Å². The van der Waals surface area contributed by atoms with E-state index in [1.165, 1.54) is 0 Å². The number of fused-ring (bicyclic) bond motifs is 4. The molecular weight excluding hydrogens is 250 g/mol. The third-order valence-corrected chi connectivity index (χ3v) is 4.53. The van der Waals surface area contributed by atoms with E-state index in [2.05, 4.69) is 14.8 Å². The molecule has 0 spiro atoms. The van der Waals surface area contributed by atoms with Crippen LogP contribution in [0.15, 0.2) is 36.7 Å². The van der Waals surface area contributed by atoms with E-state index in [1.807, 2.05) is 30.5 Å². The molecule has 0 radical (unpaired) electrons. The molecule has 4 heteroatoms. The number of piperazine rings is 3. The van der Waals surface area contributed by atoms with Crippen LogP contribution in [0.5, 0.6) is 0 Å². The quantitative estimate of drug-likeness (QED) is 0.771. The molecule has 2 bridgehead atoms. The minimum atomic E-state index is 0.0243. The van der Waals surface area contributed by atoms with Crippen LogP contribution in [0.4, 0.5) is 0 Å². The SMILES string of the molecule is O=C(c1cccc2cnccc12)C1CN2CCN1CC2. The minimum absolute atomic E-state index is 0.0243. The zero-order chi connectivity index (χ0) is 13.5. The highest BCUT2D eigenvalue weighted by atomic mass is 16.1. The molecule has 0 amide bonds. The molecule has 0 N–H and O–H groups in total. The molecular formula is C16H17N3O. The van der Waals surface area contributed by atoms with Gasteiger partial charge >= 0.3 is 0 Å². The van der Waals surface area contributed by atoms with Crippen molar-refractivity contribution >= 4 is 16.6 Å². The molecule has 20 heavy (non-hydrogen) atoms. The first-order valence-corrected chi connectivity index (χ1v) is 7.16. The van der Waals surface area contributed by atoms with Crippen LogP contribution in [0, 0.1) is 0 Å². The molecule has 3 saturated heterocycles. The first kappa shape index (κ1) is 12.0. The zero-order valence-corrected chi connectivity index (χ0v) is 11.3. The molecule has 3 fully saturated rings. The van der Waals surface area contributed by atoms with Gasteiger partial charge in [0.1, 0.15) is 0 Å². The number of ketones is 1. The Balaban J connectivity index is 1.74. The second-order valence-electron chi connectivity index (χ2n) is 5.62. The summed E-state index contributed by atoms with van der Waals surface area (Å²) < 4.78 is 0. The summed E-state index contributed by atoms with van der Waals surface area (Å²) in [7, 11) is 0. The van der Waals surface area contributed by atoms with Gasteiger partial charge in [-0.2, -0.15) is 0 Å². The Morgan fingerprint density at radius 2 is 2.00 bits per heavy atom. The highest BCUT2D eigenvalue weighted by molar-refractivity contribution is 6.10. The summed E-state index contributed by atoms with van der Waals surface area (Å²) in [5.74, 6) is 0.256. The molecule has 2 aromatic rings. The number of nitrogens with zero attached hydrogens (tertiary/aromatic N) is 3. The summed E-state index contributed by atoms with van der Waals surface area (Å²) in [6.45, 7) is 5.11. The Morgan fingerprint density at radius 1 is 1.15 bits per heavy atom. The number of benzene rings is 1. The van der Waals surface area contributed by atoms with E-state index in [0.29, 0.717) is 0 Å². The highest BCUT2D eigenvalue weighted by Gasteiger charge is 2.36. The number of rotatable bonds is 2. The van der Waals surface area contributed by atoms with Crippen LogP contribution >= 0.6 is 0 Å². The summed E-state index contributed by atoms with van der Waals surface area (Å²) in [6, 6.07) is 7.88. The Bertz CT molecular complexity index is 656. The zero-order valence-electron chi connectivity index (χ0n) is 11.3. The number of carbonyl (C=O) groups excluding carboxylic acids is 1. The first-order chi connectivity index (χ1) is 9.83. The van der Waals surface area contributed by atoms with Gasteiger partial charge < -0.3 is 0 Å². The van der Waals surface area contributed by atoms with Crippen molar-refractivity contribution in [2.75, 3.05) is 32.7 Å². The van der Waals surface area contributed by atoms with Crippen LogP contribution in [0.1, 0.15) is 10.4 Å². The molecule has 4 nitrogen and oxygen atoms in total. The lowest BCUT2D eigenvalue weighted by molar-refractivity contribution is 0.0160. The molecule has 3 aliphatic heterocycles. The van der Waals surface area contributed by atoms with E-state index < -0.39 is 0 Å². The lowest BCUT2D eigenvalue weighted by atomic mass is 9.95. The number of carbonyl (C=O) groups is 1. The standard InChI is InChI=1S/C16H17N3O/c20-16(15-11-18-6-8-19(15)9-7-18)14-3-1-2-12-10-17-5-4-13(12)14/h1-5,10,15H,6-9,11H2. The van der Waals surface area contributed by atoms with Crippen molar-refractivity contribution in [2.24, 2.45) is 0 Å². The molecule has 102 valence electrons. The van der Waals surface area contributed by atoms with Crippen molar-refractivity contribution in [3.8, 4) is 0 Å². The summed E-state index contributed by atoms with van der Waals surface area (Å²) in [5.41, 5.74) is 0.837. The second-order valence-corrected chi connectivity index (χ2v) is 5.62. The van der Waals surface area contributed by atoms with Gasteiger partial charge in [0, 0.05) is 56.1 Å². The van der Waals surface area contributed by atoms with Gasteiger partial charge in [-0.3, -0.25) is 19.6 Å². The maximum absolute atomic E-state index is 12.9. The van der Waals surface area contributed by atoms with Crippen molar-refractivity contribution in [3.05, 3.63) is 42.2 Å². The van der Waals surface area contributed by atoms with Crippen LogP contribution in [-0.4, -0.2) is 59.3 Å². The van der Waals surface area contributed by atoms with Gasteiger partial charge in [-0.05, 0) is 11.5 Å². The summed E-state index contributed by atoms with van der Waals surface area (Å²) >= 11 is 0. The normalized spacial score (nSPS) is 28.7. The number of aromatic nitrogens is 1. The average molecular weight is 267 g/mol. The summed E-state index contributed by atoms with van der Waals surface area (Å²) in [5, 5.41) is 2.06. The lowest BCUT2D eigenvalue weighted by Crippen LogP contribution is -2.63. The number of hydrogen-bond donors (Lipinski definition) is 0. The van der Waals surface area contributed by atoms with E-state index >= 15 is 0 Å². The second kappa shape index (κ2) is 4.65. The summed E-state index contributed by atoms with van der Waals surface area (Å²) in [6.07, 6.45) is 3.58. The fourth-order valence-electron chi connectivity index (χ4n) is 3.38. The van der Waals surface area contributed by atoms with Crippen LogP contribution < -0.4 is 0 Å². The Kier molecular flexibility index (Phi) is 2.79. The molecule has 1 aromatic carbocycles. The van der Waals surface area contributed by atoms with Crippen molar-refractivity contribution in [1.82, 2.24) is 14.8 Å². The highest BCUT2D eigenvalue weighted by Crippen LogP contribution is 2.24. The van der Waals surface area contributed by atoms with Crippen molar-refractivity contribution < 1.29 is 4.79 Å². The molecule has 3 aliphatic rings. The van der Waals surface area contributed by atoms with Gasteiger partial charge in [-0.15, -0.1) is 0 Å². The van der Waals surface area contributed by atoms with Gasteiger partial charge in [0.15, 0.2) is 5.78 Å². The monoisotopic (exact) mass is 267 g/mol. The largest absolute Gasteiger partial charge is 0.299 e. The predicted octanol–water partition coefficient (Wildman–Crippen LogP) is 1.42. The Hall–Kier alpha value is -1.78. The molecule has 1 atom stereocenters. The maximum Gasteiger partial charge on any atom is 0.181 e. The smallest absolute Gasteiger partial charge is 0.181 e. The number of Topliss-reactive ketones (excluding diaryl/α,β-unsaturated/α-hetero) is 1. The van der Waals surface area contributed by atoms with Gasteiger partial charge in [-0.1, -0.05) is 18.2 Å². The maximum atomic E-state index is 12.9. The molecule has 4 heterocycles. The van der Waals surface area contributed by atoms with Crippen LogP contribution in [-0.2, 0) is 0 Å². The van der Waals surface area contributed by atoms with E-state index in [4.69, 9.17) is 0 Å². The van der Waals surface area contributed by atoms with Crippen molar-refractivity contribution in [2.45, 2.75) is 6.04 Å². The molecule has 0 aliphatic carbocycles. The van der Waals surface area contributed by atoms with E-state index in [1.54, 1.807) is 6.20 Å². The summed E-state index contributed by atoms with van der Waals surface area (Å²) in [4.78, 5) is 21.8. The minimum Gasteiger partial charge on any atom is -0.299 e. The number of hydrogen-bond acceptors (Lipinski definition) is 4. The molecule has 5 rings (SSSR count). The van der Waals surface area contributed by atoms with Gasteiger partial charge in [-0.25, -0.2) is 0 Å². The Morgan fingerprint density at radius 3 is 2.75 bits per heavy atom. The first-order valence-electron chi connectivity index (χ1n) is 7.16. The van der Waals surface area contributed by atoms with Crippen LogP contribution in [0.3, 0.4) is 0 Å². The molecule has 1 aromatic heterocycles. The lowest BCUT2D eigenvalue weighted by Gasteiger charge is -2.46. The fraction of sp³-hybridized carbons (Fsp3) is 0.375. The fourth-order valence-corrected chi connectivity index (χ4v) is 3.38. The van der Waals surface area contributed by atoms with Gasteiger partial charge in [0.25, 0.3) is 0 Å². The predicted molar refractivity (Wildman–Crippen MR) is 77.9 cm³/mol. The molecule has 1 unspecified atom stereocenters. The molecule has 0 saturated carbocycles.